The number of rotatable bonds is 2. The Morgan fingerprint density at radius 2 is 2.29 bits per heavy atom. The fourth-order valence-electron chi connectivity index (χ4n) is 2.89. The van der Waals surface area contributed by atoms with Gasteiger partial charge in [0.2, 0.25) is 0 Å². The molecule has 0 bridgehead atoms. The highest BCUT2D eigenvalue weighted by molar-refractivity contribution is 6.02. The summed E-state index contributed by atoms with van der Waals surface area (Å²) in [6.45, 7) is 0.668. The van der Waals surface area contributed by atoms with E-state index in [1.54, 1.807) is 6.07 Å². The van der Waals surface area contributed by atoms with Gasteiger partial charge in [0.15, 0.2) is 0 Å². The second kappa shape index (κ2) is 5.20. The average Bonchev–Trinajstić information content (AvgIpc) is 2.99. The number of hydrogen-bond acceptors (Lipinski definition) is 5. The summed E-state index contributed by atoms with van der Waals surface area (Å²) in [4.78, 5) is 18.1. The zero-order valence-corrected chi connectivity index (χ0v) is 11.7. The summed E-state index contributed by atoms with van der Waals surface area (Å²) in [6, 6.07) is 4.05. The molecule has 2 aromatic rings. The van der Waals surface area contributed by atoms with Gasteiger partial charge in [-0.25, -0.2) is 14.2 Å². The van der Waals surface area contributed by atoms with Crippen LogP contribution in [0.1, 0.15) is 12.8 Å². The topological polar surface area (TPSA) is 68.5 Å². The zero-order chi connectivity index (χ0) is 15.0. The first-order chi connectivity index (χ1) is 10.1. The van der Waals surface area contributed by atoms with Crippen molar-refractivity contribution in [1.29, 1.82) is 0 Å². The molecule has 0 saturated carbocycles. The number of nitrogen functional groups attached to an aromatic ring is 1. The van der Waals surface area contributed by atoms with E-state index in [9.17, 15) is 9.18 Å². The zero-order valence-electron chi connectivity index (χ0n) is 11.7. The minimum absolute atomic E-state index is 0.304. The monoisotopic (exact) mass is 289 g/mol. The van der Waals surface area contributed by atoms with Crippen LogP contribution in [0.15, 0.2) is 24.4 Å². The number of fused-ring (bicyclic) bond motifs is 1. The van der Waals surface area contributed by atoms with Gasteiger partial charge in [0.25, 0.3) is 0 Å². The Hall–Kier alpha value is -2.37. The third-order valence-electron chi connectivity index (χ3n) is 3.88. The van der Waals surface area contributed by atoms with Crippen molar-refractivity contribution in [3.05, 3.63) is 30.2 Å². The summed E-state index contributed by atoms with van der Waals surface area (Å²) in [5, 5.41) is 0.962. The van der Waals surface area contributed by atoms with Crippen molar-refractivity contribution in [2.24, 2.45) is 0 Å². The summed E-state index contributed by atoms with van der Waals surface area (Å²) >= 11 is 0. The maximum Gasteiger partial charge on any atom is 0.328 e. The quantitative estimate of drug-likeness (QED) is 0.677. The van der Waals surface area contributed by atoms with Crippen molar-refractivity contribution in [1.82, 2.24) is 4.98 Å². The van der Waals surface area contributed by atoms with Gasteiger partial charge < -0.3 is 15.4 Å². The highest BCUT2D eigenvalue weighted by Crippen LogP contribution is 2.35. The molecular formula is C15H16FN3O2. The maximum atomic E-state index is 14.0. The number of methoxy groups -OCH3 is 1. The Kier molecular flexibility index (Phi) is 3.37. The van der Waals surface area contributed by atoms with Gasteiger partial charge in [-0.15, -0.1) is 0 Å². The van der Waals surface area contributed by atoms with Crippen molar-refractivity contribution in [3.63, 3.8) is 0 Å². The molecule has 110 valence electrons. The number of anilines is 2. The van der Waals surface area contributed by atoms with E-state index in [0.717, 1.165) is 6.42 Å². The van der Waals surface area contributed by atoms with E-state index in [1.807, 2.05) is 4.90 Å². The third-order valence-corrected chi connectivity index (χ3v) is 3.88. The van der Waals surface area contributed by atoms with Crippen LogP contribution in [0.2, 0.25) is 0 Å². The van der Waals surface area contributed by atoms with Crippen LogP contribution in [0.4, 0.5) is 15.9 Å². The van der Waals surface area contributed by atoms with Gasteiger partial charge in [0.1, 0.15) is 17.7 Å². The van der Waals surface area contributed by atoms with Gasteiger partial charge in [-0.1, -0.05) is 0 Å². The molecule has 1 aromatic carbocycles. The van der Waals surface area contributed by atoms with E-state index in [4.69, 9.17) is 10.5 Å². The minimum Gasteiger partial charge on any atom is -0.467 e. The molecule has 2 N–H and O–H groups in total. The van der Waals surface area contributed by atoms with Crippen LogP contribution >= 0.6 is 0 Å². The van der Waals surface area contributed by atoms with Crippen LogP contribution in [0, 0.1) is 5.82 Å². The van der Waals surface area contributed by atoms with Gasteiger partial charge >= 0.3 is 5.97 Å². The number of nitrogens with zero attached hydrogens (tertiary/aromatic N) is 2. The Bertz CT molecular complexity index is 705. The number of aromatic nitrogens is 1. The molecule has 0 aliphatic carbocycles. The molecule has 5 nitrogen and oxygen atoms in total. The van der Waals surface area contributed by atoms with Crippen LogP contribution in [-0.4, -0.2) is 30.6 Å². The van der Waals surface area contributed by atoms with Crippen LogP contribution in [0.5, 0.6) is 0 Å². The number of hydrogen-bond donors (Lipinski definition) is 1. The SMILES string of the molecule is COC(=O)C1CCCN1c1nccc2c(F)ccc(N)c12. The van der Waals surface area contributed by atoms with Gasteiger partial charge in [-0.05, 0) is 31.0 Å². The van der Waals surface area contributed by atoms with Crippen LogP contribution in [0.3, 0.4) is 0 Å². The summed E-state index contributed by atoms with van der Waals surface area (Å²) < 4.78 is 18.8. The Morgan fingerprint density at radius 3 is 3.05 bits per heavy atom. The summed E-state index contributed by atoms with van der Waals surface area (Å²) in [6.07, 6.45) is 3.08. The number of carbonyl (C=O) groups is 1. The number of benzene rings is 1. The maximum absolute atomic E-state index is 14.0. The van der Waals surface area contributed by atoms with E-state index in [-0.39, 0.29) is 11.8 Å². The van der Waals surface area contributed by atoms with Crippen LogP contribution < -0.4 is 10.6 Å². The number of halogens is 1. The van der Waals surface area contributed by atoms with Crippen LogP contribution in [-0.2, 0) is 9.53 Å². The predicted octanol–water partition coefficient (Wildman–Crippen LogP) is 2.10. The molecule has 21 heavy (non-hydrogen) atoms. The van der Waals surface area contributed by atoms with Gasteiger partial charge in [0.05, 0.1) is 12.5 Å². The second-order valence-electron chi connectivity index (χ2n) is 5.07. The number of ether oxygens (including phenoxy) is 1. The Balaban J connectivity index is 2.16. The normalized spacial score (nSPS) is 18.2. The van der Waals surface area contributed by atoms with Crippen LogP contribution in [0.25, 0.3) is 10.8 Å². The molecule has 1 aliphatic rings. The number of esters is 1. The second-order valence-corrected chi connectivity index (χ2v) is 5.07. The van der Waals surface area contributed by atoms with Crippen molar-refractivity contribution < 1.29 is 13.9 Å². The average molecular weight is 289 g/mol. The molecule has 1 saturated heterocycles. The molecule has 1 unspecified atom stereocenters. The molecule has 1 atom stereocenters. The molecule has 0 radical (unpaired) electrons. The largest absolute Gasteiger partial charge is 0.467 e. The molecule has 2 heterocycles. The van der Waals surface area contributed by atoms with Gasteiger partial charge in [-0.2, -0.15) is 0 Å². The first-order valence-corrected chi connectivity index (χ1v) is 6.80. The van der Waals surface area contributed by atoms with Crippen molar-refractivity contribution in [2.45, 2.75) is 18.9 Å². The third kappa shape index (κ3) is 2.16. The fourth-order valence-corrected chi connectivity index (χ4v) is 2.89. The van der Waals surface area contributed by atoms with Crippen molar-refractivity contribution in [2.75, 3.05) is 24.3 Å². The predicted molar refractivity (Wildman–Crippen MR) is 78.5 cm³/mol. The molecule has 3 rings (SSSR count). The van der Waals surface area contributed by atoms with Crippen molar-refractivity contribution in [3.8, 4) is 0 Å². The number of nitrogens with two attached hydrogens (primary N) is 1. The lowest BCUT2D eigenvalue weighted by molar-refractivity contribution is -0.141. The molecule has 0 spiro atoms. The van der Waals surface area contributed by atoms with Gasteiger partial charge in [-0.3, -0.25) is 0 Å². The molecule has 1 fully saturated rings. The number of pyridine rings is 1. The molecule has 1 aromatic heterocycles. The fraction of sp³-hybridized carbons (Fsp3) is 0.333. The highest BCUT2D eigenvalue weighted by atomic mass is 19.1. The van der Waals surface area contributed by atoms with E-state index >= 15 is 0 Å². The lowest BCUT2D eigenvalue weighted by atomic mass is 10.1. The molecule has 0 amide bonds. The smallest absolute Gasteiger partial charge is 0.328 e. The Labute approximate surface area is 121 Å². The standard InChI is InChI=1S/C15H16FN3O2/c1-21-15(20)12-3-2-8-19(12)14-13-9(6-7-18-14)10(16)4-5-11(13)17/h4-7,12H,2-3,8,17H2,1H3. The number of carbonyl (C=O) groups excluding carboxylic acids is 1. The summed E-state index contributed by atoms with van der Waals surface area (Å²) in [5.74, 6) is -0.115. The summed E-state index contributed by atoms with van der Waals surface area (Å²) in [5.41, 5.74) is 6.45. The lowest BCUT2D eigenvalue weighted by Gasteiger charge is -2.25. The van der Waals surface area contributed by atoms with Gasteiger partial charge in [0, 0.05) is 23.8 Å². The highest BCUT2D eigenvalue weighted by Gasteiger charge is 2.33. The first-order valence-electron chi connectivity index (χ1n) is 6.80. The van der Waals surface area contributed by atoms with Crippen molar-refractivity contribution >= 4 is 28.2 Å². The lowest BCUT2D eigenvalue weighted by Crippen LogP contribution is -2.37. The molecule has 1 aliphatic heterocycles. The summed E-state index contributed by atoms with van der Waals surface area (Å²) in [7, 11) is 1.36. The molecule has 6 heteroatoms. The minimum atomic E-state index is -0.393. The molecular weight excluding hydrogens is 273 g/mol. The van der Waals surface area contributed by atoms with E-state index in [1.165, 1.54) is 25.4 Å². The van der Waals surface area contributed by atoms with E-state index in [0.29, 0.717) is 35.2 Å². The van der Waals surface area contributed by atoms with E-state index < -0.39 is 6.04 Å². The van der Waals surface area contributed by atoms with E-state index in [2.05, 4.69) is 4.98 Å². The Morgan fingerprint density at radius 1 is 1.48 bits per heavy atom. The first kappa shape index (κ1) is 13.6.